The smallest absolute Gasteiger partial charge is 0.125 e. The Morgan fingerprint density at radius 1 is 1.47 bits per heavy atom. The van der Waals surface area contributed by atoms with Crippen molar-refractivity contribution in [3.63, 3.8) is 0 Å². The maximum Gasteiger partial charge on any atom is 0.125 e. The van der Waals surface area contributed by atoms with Crippen LogP contribution in [0, 0.1) is 6.92 Å². The molecule has 15 heavy (non-hydrogen) atoms. The number of hydrogen-bond acceptors (Lipinski definition) is 3. The zero-order chi connectivity index (χ0) is 10.5. The average molecular weight is 205 g/mol. The molecular weight excluding hydrogens is 186 g/mol. The van der Waals surface area contributed by atoms with Crippen molar-refractivity contribution in [3.05, 3.63) is 23.9 Å². The Labute approximate surface area is 91.3 Å². The first-order chi connectivity index (χ1) is 7.34. The Morgan fingerprint density at radius 2 is 2.40 bits per heavy atom. The summed E-state index contributed by atoms with van der Waals surface area (Å²) in [5.74, 6) is 0.980. The van der Waals surface area contributed by atoms with E-state index < -0.39 is 0 Å². The van der Waals surface area contributed by atoms with E-state index >= 15 is 0 Å². The molecule has 0 saturated carbocycles. The lowest BCUT2D eigenvalue weighted by atomic mass is 10.1. The van der Waals surface area contributed by atoms with Gasteiger partial charge in [-0.05, 0) is 37.9 Å². The highest BCUT2D eigenvalue weighted by atomic mass is 15.0. The third-order valence-corrected chi connectivity index (χ3v) is 2.85. The summed E-state index contributed by atoms with van der Waals surface area (Å²) in [7, 11) is 0. The number of hydrogen-bond donors (Lipinski definition) is 2. The molecule has 1 aromatic rings. The van der Waals surface area contributed by atoms with E-state index in [-0.39, 0.29) is 0 Å². The molecule has 82 valence electrons. The molecule has 1 saturated heterocycles. The van der Waals surface area contributed by atoms with Crippen LogP contribution in [-0.2, 0) is 0 Å². The van der Waals surface area contributed by atoms with Crippen LogP contribution in [0.5, 0.6) is 0 Å². The van der Waals surface area contributed by atoms with Crippen molar-refractivity contribution < 1.29 is 0 Å². The number of pyridine rings is 1. The lowest BCUT2D eigenvalue weighted by Gasteiger charge is -2.23. The molecule has 2 N–H and O–H groups in total. The van der Waals surface area contributed by atoms with Crippen molar-refractivity contribution in [2.24, 2.45) is 0 Å². The van der Waals surface area contributed by atoms with Crippen LogP contribution in [0.15, 0.2) is 18.3 Å². The topological polar surface area (TPSA) is 37.0 Å². The van der Waals surface area contributed by atoms with Crippen LogP contribution in [0.2, 0.25) is 0 Å². The lowest BCUT2D eigenvalue weighted by molar-refractivity contribution is 0.414. The van der Waals surface area contributed by atoms with Gasteiger partial charge in [-0.1, -0.05) is 12.5 Å². The Hall–Kier alpha value is -1.09. The van der Waals surface area contributed by atoms with E-state index in [9.17, 15) is 0 Å². The zero-order valence-corrected chi connectivity index (χ0v) is 9.29. The van der Waals surface area contributed by atoms with Crippen molar-refractivity contribution in [2.45, 2.75) is 32.2 Å². The number of nitrogens with zero attached hydrogens (tertiary/aromatic N) is 1. The van der Waals surface area contributed by atoms with Crippen LogP contribution < -0.4 is 10.6 Å². The first-order valence-electron chi connectivity index (χ1n) is 5.74. The highest BCUT2D eigenvalue weighted by molar-refractivity contribution is 5.35. The molecular formula is C12H19N3. The molecule has 0 radical (unpaired) electrons. The van der Waals surface area contributed by atoms with Crippen LogP contribution in [0.25, 0.3) is 0 Å². The molecule has 3 nitrogen and oxygen atoms in total. The molecule has 3 heteroatoms. The van der Waals surface area contributed by atoms with Gasteiger partial charge in [0.25, 0.3) is 0 Å². The summed E-state index contributed by atoms with van der Waals surface area (Å²) in [6.45, 7) is 4.20. The minimum Gasteiger partial charge on any atom is -0.369 e. The van der Waals surface area contributed by atoms with E-state index in [1.807, 2.05) is 12.3 Å². The minimum atomic E-state index is 0.613. The molecule has 2 heterocycles. The first-order valence-corrected chi connectivity index (χ1v) is 5.74. The summed E-state index contributed by atoms with van der Waals surface area (Å²) in [5, 5.41) is 6.88. The molecule has 1 aliphatic rings. The second kappa shape index (κ2) is 5.12. The summed E-state index contributed by atoms with van der Waals surface area (Å²) in [6.07, 6.45) is 5.84. The highest BCUT2D eigenvalue weighted by Gasteiger charge is 2.11. The maximum atomic E-state index is 4.32. The molecule has 1 atom stereocenters. The Balaban J connectivity index is 1.79. The van der Waals surface area contributed by atoms with Gasteiger partial charge in [-0.15, -0.1) is 0 Å². The summed E-state index contributed by atoms with van der Waals surface area (Å²) >= 11 is 0. The van der Waals surface area contributed by atoms with Crippen molar-refractivity contribution >= 4 is 5.82 Å². The normalized spacial score (nSPS) is 21.3. The van der Waals surface area contributed by atoms with Gasteiger partial charge in [0.1, 0.15) is 5.82 Å². The Morgan fingerprint density at radius 3 is 3.07 bits per heavy atom. The van der Waals surface area contributed by atoms with Gasteiger partial charge in [-0.3, -0.25) is 0 Å². The standard InChI is InChI=1S/C12H19N3/c1-10-5-6-12(14-8-10)15-9-11-4-2-3-7-13-11/h5-6,8,11,13H,2-4,7,9H2,1H3,(H,14,15)/t11-/m0/s1. The van der Waals surface area contributed by atoms with E-state index in [0.717, 1.165) is 18.9 Å². The molecule has 0 aromatic carbocycles. The molecule has 0 spiro atoms. The van der Waals surface area contributed by atoms with Crippen molar-refractivity contribution in [1.82, 2.24) is 10.3 Å². The molecule has 1 aromatic heterocycles. The molecule has 0 amide bonds. The molecule has 2 rings (SSSR count). The van der Waals surface area contributed by atoms with Gasteiger partial charge in [0.2, 0.25) is 0 Å². The second-order valence-corrected chi connectivity index (χ2v) is 4.25. The second-order valence-electron chi connectivity index (χ2n) is 4.25. The molecule has 0 unspecified atom stereocenters. The van der Waals surface area contributed by atoms with Gasteiger partial charge in [-0.2, -0.15) is 0 Å². The Bertz CT molecular complexity index is 288. The fourth-order valence-electron chi connectivity index (χ4n) is 1.90. The predicted molar refractivity (Wildman–Crippen MR) is 63.1 cm³/mol. The van der Waals surface area contributed by atoms with Crippen LogP contribution in [-0.4, -0.2) is 24.1 Å². The fourth-order valence-corrected chi connectivity index (χ4v) is 1.90. The fraction of sp³-hybridized carbons (Fsp3) is 0.583. The monoisotopic (exact) mass is 205 g/mol. The number of rotatable bonds is 3. The quantitative estimate of drug-likeness (QED) is 0.792. The van der Waals surface area contributed by atoms with Crippen LogP contribution in [0.1, 0.15) is 24.8 Å². The molecule has 0 aliphatic carbocycles. The summed E-state index contributed by atoms with van der Waals surface area (Å²) < 4.78 is 0. The van der Waals surface area contributed by atoms with Crippen LogP contribution >= 0.6 is 0 Å². The minimum absolute atomic E-state index is 0.613. The summed E-state index contributed by atoms with van der Waals surface area (Å²) in [5.41, 5.74) is 1.20. The predicted octanol–water partition coefficient (Wildman–Crippen LogP) is 1.94. The molecule has 1 aliphatic heterocycles. The van der Waals surface area contributed by atoms with Gasteiger partial charge in [0, 0.05) is 18.8 Å². The SMILES string of the molecule is Cc1ccc(NC[C@@H]2CCCCN2)nc1. The average Bonchev–Trinajstić information content (AvgIpc) is 2.30. The Kier molecular flexibility index (Phi) is 3.56. The van der Waals surface area contributed by atoms with Gasteiger partial charge >= 0.3 is 0 Å². The number of aromatic nitrogens is 1. The molecule has 1 fully saturated rings. The summed E-state index contributed by atoms with van der Waals surface area (Å²) in [4.78, 5) is 4.32. The number of piperidine rings is 1. The van der Waals surface area contributed by atoms with Crippen molar-refractivity contribution in [3.8, 4) is 0 Å². The first kappa shape index (κ1) is 10.4. The van der Waals surface area contributed by atoms with Crippen molar-refractivity contribution in [2.75, 3.05) is 18.4 Å². The van der Waals surface area contributed by atoms with E-state index in [2.05, 4.69) is 28.6 Å². The molecule has 0 bridgehead atoms. The van der Waals surface area contributed by atoms with E-state index in [1.54, 1.807) is 0 Å². The van der Waals surface area contributed by atoms with E-state index in [4.69, 9.17) is 0 Å². The van der Waals surface area contributed by atoms with Gasteiger partial charge in [-0.25, -0.2) is 4.98 Å². The van der Waals surface area contributed by atoms with Gasteiger partial charge in [0.15, 0.2) is 0 Å². The lowest BCUT2D eigenvalue weighted by Crippen LogP contribution is -2.39. The van der Waals surface area contributed by atoms with Gasteiger partial charge in [0.05, 0.1) is 0 Å². The van der Waals surface area contributed by atoms with Crippen molar-refractivity contribution in [1.29, 1.82) is 0 Å². The largest absolute Gasteiger partial charge is 0.369 e. The van der Waals surface area contributed by atoms with Gasteiger partial charge < -0.3 is 10.6 Å². The van der Waals surface area contributed by atoms with Crippen LogP contribution in [0.3, 0.4) is 0 Å². The number of nitrogens with one attached hydrogen (secondary N) is 2. The maximum absolute atomic E-state index is 4.32. The summed E-state index contributed by atoms with van der Waals surface area (Å²) in [6, 6.07) is 4.74. The van der Waals surface area contributed by atoms with E-state index in [0.29, 0.717) is 6.04 Å². The number of aryl methyl sites for hydroxylation is 1. The third-order valence-electron chi connectivity index (χ3n) is 2.85. The third kappa shape index (κ3) is 3.20. The number of anilines is 1. The van der Waals surface area contributed by atoms with E-state index in [1.165, 1.54) is 24.8 Å². The highest BCUT2D eigenvalue weighted by Crippen LogP contribution is 2.09. The zero-order valence-electron chi connectivity index (χ0n) is 9.29. The van der Waals surface area contributed by atoms with Crippen LogP contribution in [0.4, 0.5) is 5.82 Å².